The number of hydrogen-bond donors (Lipinski definition) is 1. The molecule has 1 atom stereocenters. The van der Waals surface area contributed by atoms with Crippen molar-refractivity contribution in [2.45, 2.75) is 46.6 Å². The number of fused-ring (bicyclic) bond motifs is 1. The van der Waals surface area contributed by atoms with Gasteiger partial charge in [-0.25, -0.2) is 4.98 Å². The summed E-state index contributed by atoms with van der Waals surface area (Å²) in [6.45, 7) is 7.75. The van der Waals surface area contributed by atoms with Crippen LogP contribution in [0.5, 0.6) is 5.75 Å². The number of nitrogens with one attached hydrogen (secondary N) is 1. The Labute approximate surface area is 192 Å². The van der Waals surface area contributed by atoms with Gasteiger partial charge in [0.2, 0.25) is 5.91 Å². The van der Waals surface area contributed by atoms with Gasteiger partial charge in [0.15, 0.2) is 6.61 Å². The second-order valence-corrected chi connectivity index (χ2v) is 8.97. The quantitative estimate of drug-likeness (QED) is 0.566. The minimum atomic E-state index is -0.702. The molecule has 0 fully saturated rings. The molecule has 0 saturated heterocycles. The Morgan fingerprint density at radius 2 is 2.09 bits per heavy atom. The van der Waals surface area contributed by atoms with Crippen LogP contribution < -0.4 is 15.0 Å². The van der Waals surface area contributed by atoms with E-state index in [9.17, 15) is 9.59 Å². The number of carbonyl (C=O) groups is 2. The van der Waals surface area contributed by atoms with Gasteiger partial charge >= 0.3 is 0 Å². The number of thiazole rings is 1. The SMILES string of the molecule is CCCc1nc(-c2ccc3c(c2)N(C(C)C(=O)Nc2cccc(C)c2C)C(=O)CO3)cs1. The number of carbonyl (C=O) groups excluding carboxylic acids is 2. The smallest absolute Gasteiger partial charge is 0.265 e. The highest BCUT2D eigenvalue weighted by atomic mass is 32.1. The average Bonchev–Trinajstić information content (AvgIpc) is 3.25. The van der Waals surface area contributed by atoms with Gasteiger partial charge in [-0.05, 0) is 69.0 Å². The number of nitrogens with zero attached hydrogens (tertiary/aromatic N) is 2. The van der Waals surface area contributed by atoms with Crippen molar-refractivity contribution >= 4 is 34.5 Å². The highest BCUT2D eigenvalue weighted by molar-refractivity contribution is 7.09. The second-order valence-electron chi connectivity index (χ2n) is 8.02. The third-order valence-corrected chi connectivity index (χ3v) is 6.69. The number of aromatic nitrogens is 1. The van der Waals surface area contributed by atoms with Crippen molar-refractivity contribution < 1.29 is 14.3 Å². The van der Waals surface area contributed by atoms with Crippen molar-refractivity contribution in [3.63, 3.8) is 0 Å². The summed E-state index contributed by atoms with van der Waals surface area (Å²) >= 11 is 1.64. The Morgan fingerprint density at radius 3 is 2.88 bits per heavy atom. The lowest BCUT2D eigenvalue weighted by Gasteiger charge is -2.33. The summed E-state index contributed by atoms with van der Waals surface area (Å²) in [6, 6.07) is 10.8. The van der Waals surface area contributed by atoms with Crippen LogP contribution in [-0.2, 0) is 16.0 Å². The molecular weight excluding hydrogens is 422 g/mol. The molecule has 3 aromatic rings. The van der Waals surface area contributed by atoms with Crippen LogP contribution in [0, 0.1) is 13.8 Å². The molecule has 1 unspecified atom stereocenters. The Kier molecular flexibility index (Phi) is 6.28. The fraction of sp³-hybridized carbons (Fsp3) is 0.320. The first-order chi connectivity index (χ1) is 15.4. The van der Waals surface area contributed by atoms with Gasteiger partial charge in [-0.3, -0.25) is 14.5 Å². The minimum absolute atomic E-state index is 0.0925. The number of anilines is 2. The summed E-state index contributed by atoms with van der Waals surface area (Å²) < 4.78 is 5.64. The molecule has 32 heavy (non-hydrogen) atoms. The molecule has 166 valence electrons. The van der Waals surface area contributed by atoms with E-state index in [0.717, 1.165) is 45.9 Å². The molecule has 1 aliphatic rings. The van der Waals surface area contributed by atoms with E-state index in [1.165, 1.54) is 4.90 Å². The normalized spacial score (nSPS) is 14.0. The Bertz CT molecular complexity index is 1170. The van der Waals surface area contributed by atoms with Crippen LogP contribution in [0.1, 0.15) is 36.4 Å². The van der Waals surface area contributed by atoms with E-state index < -0.39 is 6.04 Å². The van der Waals surface area contributed by atoms with Crippen LogP contribution in [0.3, 0.4) is 0 Å². The molecule has 0 saturated carbocycles. The van der Waals surface area contributed by atoms with Crippen molar-refractivity contribution in [3.8, 4) is 17.0 Å². The third kappa shape index (κ3) is 4.25. The molecule has 1 aliphatic heterocycles. The zero-order valence-corrected chi connectivity index (χ0v) is 19.6. The van der Waals surface area contributed by atoms with Gasteiger partial charge in [0.05, 0.1) is 16.4 Å². The number of amides is 2. The van der Waals surface area contributed by atoms with Crippen LogP contribution in [0.25, 0.3) is 11.3 Å². The Morgan fingerprint density at radius 1 is 1.28 bits per heavy atom. The van der Waals surface area contributed by atoms with E-state index in [4.69, 9.17) is 9.72 Å². The molecule has 6 nitrogen and oxygen atoms in total. The number of hydrogen-bond acceptors (Lipinski definition) is 5. The van der Waals surface area contributed by atoms with E-state index in [-0.39, 0.29) is 18.4 Å². The predicted octanol–water partition coefficient (Wildman–Crippen LogP) is 5.13. The first-order valence-electron chi connectivity index (χ1n) is 10.8. The van der Waals surface area contributed by atoms with Crippen LogP contribution >= 0.6 is 11.3 Å². The van der Waals surface area contributed by atoms with Crippen molar-refractivity contribution in [2.24, 2.45) is 0 Å². The lowest BCUT2D eigenvalue weighted by molar-refractivity contribution is -0.125. The summed E-state index contributed by atoms with van der Waals surface area (Å²) in [5.74, 6) is 0.0937. The summed E-state index contributed by atoms with van der Waals surface area (Å²) in [6.07, 6.45) is 1.99. The molecule has 2 aromatic carbocycles. The lowest BCUT2D eigenvalue weighted by atomic mass is 10.1. The van der Waals surface area contributed by atoms with Crippen LogP contribution in [0.15, 0.2) is 41.8 Å². The number of rotatable bonds is 6. The fourth-order valence-electron chi connectivity index (χ4n) is 3.77. The molecule has 4 rings (SSSR count). The third-order valence-electron chi connectivity index (χ3n) is 5.78. The van der Waals surface area contributed by atoms with E-state index in [0.29, 0.717) is 11.4 Å². The highest BCUT2D eigenvalue weighted by Gasteiger charge is 2.33. The van der Waals surface area contributed by atoms with Crippen molar-refractivity contribution in [2.75, 3.05) is 16.8 Å². The number of aryl methyl sites for hydroxylation is 2. The minimum Gasteiger partial charge on any atom is -0.482 e. The average molecular weight is 450 g/mol. The van der Waals surface area contributed by atoms with Gasteiger partial charge in [0.1, 0.15) is 11.8 Å². The van der Waals surface area contributed by atoms with Crippen LogP contribution in [0.4, 0.5) is 11.4 Å². The molecule has 7 heteroatoms. The van der Waals surface area contributed by atoms with Crippen molar-refractivity contribution in [1.29, 1.82) is 0 Å². The second kappa shape index (κ2) is 9.12. The van der Waals surface area contributed by atoms with Gasteiger partial charge in [-0.15, -0.1) is 11.3 Å². The highest BCUT2D eigenvalue weighted by Crippen LogP contribution is 2.37. The molecule has 0 spiro atoms. The molecule has 2 amide bonds. The van der Waals surface area contributed by atoms with Crippen LogP contribution in [-0.4, -0.2) is 29.4 Å². The number of ether oxygens (including phenoxy) is 1. The van der Waals surface area contributed by atoms with E-state index in [1.54, 1.807) is 18.3 Å². The maximum absolute atomic E-state index is 13.1. The zero-order valence-electron chi connectivity index (χ0n) is 18.8. The van der Waals surface area contributed by atoms with E-state index in [2.05, 4.69) is 12.2 Å². The standard InChI is InChI=1S/C25H27N3O3S/c1-5-7-23-26-20(14-32-23)18-10-11-22-21(12-18)28(24(29)13-31-22)17(4)25(30)27-19-9-6-8-15(2)16(19)3/h6,8-12,14,17H,5,7,13H2,1-4H3,(H,27,30). The fourth-order valence-corrected chi connectivity index (χ4v) is 4.68. The van der Waals surface area contributed by atoms with Crippen molar-refractivity contribution in [3.05, 3.63) is 57.9 Å². The lowest BCUT2D eigenvalue weighted by Crippen LogP contribution is -2.49. The van der Waals surface area contributed by atoms with E-state index >= 15 is 0 Å². The largest absolute Gasteiger partial charge is 0.482 e. The topological polar surface area (TPSA) is 71.5 Å². The molecule has 1 N–H and O–H groups in total. The van der Waals surface area contributed by atoms with Crippen molar-refractivity contribution in [1.82, 2.24) is 4.98 Å². The number of benzene rings is 2. The molecule has 1 aromatic heterocycles. The first-order valence-corrected chi connectivity index (χ1v) is 11.7. The maximum atomic E-state index is 13.1. The molecule has 0 radical (unpaired) electrons. The Hall–Kier alpha value is -3.19. The van der Waals surface area contributed by atoms with Gasteiger partial charge in [-0.2, -0.15) is 0 Å². The molecular formula is C25H27N3O3S. The molecule has 2 heterocycles. The Balaban J connectivity index is 1.63. The summed E-state index contributed by atoms with van der Waals surface area (Å²) in [7, 11) is 0. The van der Waals surface area contributed by atoms with Gasteiger partial charge in [0.25, 0.3) is 5.91 Å². The first kappa shape index (κ1) is 22.0. The van der Waals surface area contributed by atoms with Crippen LogP contribution in [0.2, 0.25) is 0 Å². The predicted molar refractivity (Wildman–Crippen MR) is 129 cm³/mol. The van der Waals surface area contributed by atoms with Gasteiger partial charge in [-0.1, -0.05) is 19.1 Å². The summed E-state index contributed by atoms with van der Waals surface area (Å²) in [5.41, 5.74) is 5.21. The monoisotopic (exact) mass is 449 g/mol. The summed E-state index contributed by atoms with van der Waals surface area (Å²) in [5, 5.41) is 6.09. The zero-order chi connectivity index (χ0) is 22.8. The summed E-state index contributed by atoms with van der Waals surface area (Å²) in [4.78, 5) is 32.2. The van der Waals surface area contributed by atoms with Gasteiger partial charge < -0.3 is 10.1 Å². The molecule has 0 aliphatic carbocycles. The van der Waals surface area contributed by atoms with E-state index in [1.807, 2.05) is 55.6 Å². The van der Waals surface area contributed by atoms with Gasteiger partial charge in [0, 0.05) is 16.6 Å². The maximum Gasteiger partial charge on any atom is 0.265 e. The molecule has 0 bridgehead atoms.